The maximum Gasteiger partial charge on any atom is 0.122 e. The second kappa shape index (κ2) is 7.65. The SMILES string of the molecule is Cc1ccccc1OCC(O)CNCC(C)(C)C(C)C. The van der Waals surface area contributed by atoms with Crippen molar-refractivity contribution in [2.75, 3.05) is 19.7 Å². The fourth-order valence-electron chi connectivity index (χ4n) is 1.73. The van der Waals surface area contributed by atoms with Crippen molar-refractivity contribution in [2.45, 2.75) is 40.7 Å². The molecule has 1 unspecified atom stereocenters. The lowest BCUT2D eigenvalue weighted by Crippen LogP contribution is -2.39. The van der Waals surface area contributed by atoms with Gasteiger partial charge in [-0.2, -0.15) is 0 Å². The molecule has 0 radical (unpaired) electrons. The van der Waals surface area contributed by atoms with Crippen molar-refractivity contribution in [3.8, 4) is 5.75 Å². The van der Waals surface area contributed by atoms with Gasteiger partial charge in [0.25, 0.3) is 0 Å². The summed E-state index contributed by atoms with van der Waals surface area (Å²) in [5.74, 6) is 1.45. The summed E-state index contributed by atoms with van der Waals surface area (Å²) in [6.45, 7) is 12.7. The summed E-state index contributed by atoms with van der Waals surface area (Å²) in [6, 6.07) is 7.86. The van der Waals surface area contributed by atoms with Crippen molar-refractivity contribution in [3.05, 3.63) is 29.8 Å². The molecule has 0 spiro atoms. The minimum absolute atomic E-state index is 0.233. The van der Waals surface area contributed by atoms with E-state index in [2.05, 4.69) is 33.0 Å². The zero-order valence-corrected chi connectivity index (χ0v) is 13.4. The maximum atomic E-state index is 9.95. The fraction of sp³-hybridized carbons (Fsp3) is 0.647. The molecule has 0 aliphatic heterocycles. The number of rotatable bonds is 8. The van der Waals surface area contributed by atoms with Crippen LogP contribution >= 0.6 is 0 Å². The van der Waals surface area contributed by atoms with E-state index in [1.54, 1.807) is 0 Å². The summed E-state index contributed by atoms with van der Waals surface area (Å²) in [4.78, 5) is 0. The van der Waals surface area contributed by atoms with E-state index in [1.165, 1.54) is 0 Å². The molecule has 3 heteroatoms. The molecule has 1 aromatic rings. The largest absolute Gasteiger partial charge is 0.491 e. The Morgan fingerprint density at radius 2 is 1.90 bits per heavy atom. The molecule has 0 fully saturated rings. The van der Waals surface area contributed by atoms with E-state index in [0.29, 0.717) is 19.1 Å². The van der Waals surface area contributed by atoms with E-state index >= 15 is 0 Å². The van der Waals surface area contributed by atoms with E-state index in [-0.39, 0.29) is 5.41 Å². The van der Waals surface area contributed by atoms with Crippen LogP contribution in [0.5, 0.6) is 5.75 Å². The first kappa shape index (κ1) is 17.0. The molecule has 1 rings (SSSR count). The van der Waals surface area contributed by atoms with Crippen LogP contribution in [0.3, 0.4) is 0 Å². The number of benzene rings is 1. The molecule has 114 valence electrons. The average molecular weight is 279 g/mol. The summed E-state index contributed by atoms with van der Waals surface area (Å²) in [5.41, 5.74) is 1.32. The second-order valence-corrected chi connectivity index (χ2v) is 6.50. The predicted octanol–water partition coefficient (Wildman–Crippen LogP) is 3.01. The molecule has 3 nitrogen and oxygen atoms in total. The Balaban J connectivity index is 2.28. The van der Waals surface area contributed by atoms with Gasteiger partial charge in [0, 0.05) is 13.1 Å². The smallest absolute Gasteiger partial charge is 0.122 e. The molecule has 0 aliphatic carbocycles. The number of hydrogen-bond donors (Lipinski definition) is 2. The van der Waals surface area contributed by atoms with Crippen molar-refractivity contribution in [2.24, 2.45) is 11.3 Å². The first-order valence-corrected chi connectivity index (χ1v) is 7.40. The molecule has 0 saturated heterocycles. The zero-order chi connectivity index (χ0) is 15.2. The molecule has 0 heterocycles. The lowest BCUT2D eigenvalue weighted by atomic mass is 9.81. The van der Waals surface area contributed by atoms with Gasteiger partial charge in [0.15, 0.2) is 0 Å². The molecule has 1 atom stereocenters. The molecule has 0 bridgehead atoms. The van der Waals surface area contributed by atoms with E-state index in [9.17, 15) is 5.11 Å². The van der Waals surface area contributed by atoms with Gasteiger partial charge in [0.2, 0.25) is 0 Å². The van der Waals surface area contributed by atoms with Gasteiger partial charge >= 0.3 is 0 Å². The van der Waals surface area contributed by atoms with Crippen LogP contribution in [0.4, 0.5) is 0 Å². The number of aryl methyl sites for hydroxylation is 1. The van der Waals surface area contributed by atoms with Gasteiger partial charge < -0.3 is 15.2 Å². The van der Waals surface area contributed by atoms with Crippen molar-refractivity contribution >= 4 is 0 Å². The Bertz CT molecular complexity index is 402. The number of nitrogens with one attached hydrogen (secondary N) is 1. The van der Waals surface area contributed by atoms with E-state index < -0.39 is 6.10 Å². The Labute approximate surface area is 123 Å². The summed E-state index contributed by atoms with van der Waals surface area (Å²) in [6.07, 6.45) is -0.488. The summed E-state index contributed by atoms with van der Waals surface area (Å²) >= 11 is 0. The monoisotopic (exact) mass is 279 g/mol. The molecule has 1 aromatic carbocycles. The van der Waals surface area contributed by atoms with Crippen LogP contribution in [0.25, 0.3) is 0 Å². The summed E-state index contributed by atoms with van der Waals surface area (Å²) in [7, 11) is 0. The lowest BCUT2D eigenvalue weighted by Gasteiger charge is -2.30. The molecule has 2 N–H and O–H groups in total. The zero-order valence-electron chi connectivity index (χ0n) is 13.4. The van der Waals surface area contributed by atoms with Crippen molar-refractivity contribution in [1.82, 2.24) is 5.32 Å². The van der Waals surface area contributed by atoms with E-state index in [1.807, 2.05) is 31.2 Å². The van der Waals surface area contributed by atoms with Gasteiger partial charge in [-0.15, -0.1) is 0 Å². The standard InChI is InChI=1S/C17H29NO2/c1-13(2)17(4,5)12-18-10-15(19)11-20-16-9-7-6-8-14(16)3/h6-9,13,15,18-19H,10-12H2,1-5H3. The highest BCUT2D eigenvalue weighted by Crippen LogP contribution is 2.24. The summed E-state index contributed by atoms with van der Waals surface area (Å²) in [5, 5.41) is 13.3. The number of aliphatic hydroxyl groups is 1. The lowest BCUT2D eigenvalue weighted by molar-refractivity contribution is 0.101. The quantitative estimate of drug-likeness (QED) is 0.768. The number of aliphatic hydroxyl groups excluding tert-OH is 1. The van der Waals surface area contributed by atoms with Gasteiger partial charge in [-0.3, -0.25) is 0 Å². The number of hydrogen-bond acceptors (Lipinski definition) is 3. The van der Waals surface area contributed by atoms with Crippen LogP contribution in [-0.2, 0) is 0 Å². The normalized spacial score (nSPS) is 13.6. The van der Waals surface area contributed by atoms with Gasteiger partial charge in [-0.05, 0) is 29.9 Å². The van der Waals surface area contributed by atoms with E-state index in [0.717, 1.165) is 17.9 Å². The average Bonchev–Trinajstić information content (AvgIpc) is 2.37. The van der Waals surface area contributed by atoms with Crippen LogP contribution < -0.4 is 10.1 Å². The topological polar surface area (TPSA) is 41.5 Å². The molecule has 0 aliphatic rings. The van der Waals surface area contributed by atoms with Crippen LogP contribution in [0.15, 0.2) is 24.3 Å². The highest BCUT2D eigenvalue weighted by atomic mass is 16.5. The fourth-order valence-corrected chi connectivity index (χ4v) is 1.73. The van der Waals surface area contributed by atoms with Crippen molar-refractivity contribution < 1.29 is 9.84 Å². The molecule has 0 saturated carbocycles. The molecule has 0 aromatic heterocycles. The maximum absolute atomic E-state index is 9.95. The van der Waals surface area contributed by atoms with Gasteiger partial charge in [-0.25, -0.2) is 0 Å². The highest BCUT2D eigenvalue weighted by Gasteiger charge is 2.21. The minimum Gasteiger partial charge on any atom is -0.491 e. The third-order valence-electron chi connectivity index (χ3n) is 4.05. The first-order chi connectivity index (χ1) is 9.33. The Hall–Kier alpha value is -1.06. The van der Waals surface area contributed by atoms with Crippen LogP contribution in [0.2, 0.25) is 0 Å². The number of ether oxygens (including phenoxy) is 1. The van der Waals surface area contributed by atoms with Gasteiger partial charge in [0.05, 0.1) is 0 Å². The minimum atomic E-state index is -0.488. The molecule has 0 amide bonds. The van der Waals surface area contributed by atoms with Crippen LogP contribution in [0, 0.1) is 18.3 Å². The highest BCUT2D eigenvalue weighted by molar-refractivity contribution is 5.31. The Kier molecular flexibility index (Phi) is 6.50. The van der Waals surface area contributed by atoms with Gasteiger partial charge in [0.1, 0.15) is 18.5 Å². The third-order valence-corrected chi connectivity index (χ3v) is 4.05. The molecular weight excluding hydrogens is 250 g/mol. The first-order valence-electron chi connectivity index (χ1n) is 7.40. The molecular formula is C17H29NO2. The molecule has 20 heavy (non-hydrogen) atoms. The number of para-hydroxylation sites is 1. The van der Waals surface area contributed by atoms with Crippen LogP contribution in [0.1, 0.15) is 33.3 Å². The summed E-state index contributed by atoms with van der Waals surface area (Å²) < 4.78 is 5.64. The van der Waals surface area contributed by atoms with Crippen LogP contribution in [-0.4, -0.2) is 30.9 Å². The van der Waals surface area contributed by atoms with E-state index in [4.69, 9.17) is 4.74 Å². The van der Waals surface area contributed by atoms with Gasteiger partial charge in [-0.1, -0.05) is 45.9 Å². The van der Waals surface area contributed by atoms with Crippen molar-refractivity contribution in [1.29, 1.82) is 0 Å². The van der Waals surface area contributed by atoms with Crippen molar-refractivity contribution in [3.63, 3.8) is 0 Å². The Morgan fingerprint density at radius 3 is 2.50 bits per heavy atom. The predicted molar refractivity (Wildman–Crippen MR) is 84.2 cm³/mol. The second-order valence-electron chi connectivity index (χ2n) is 6.50. The Morgan fingerprint density at radius 1 is 1.25 bits per heavy atom. The third kappa shape index (κ3) is 5.51.